The number of benzene rings is 1. The number of thiazole rings is 1. The molecule has 12 heteroatoms. The number of hydrogen-bond acceptors (Lipinski definition) is 10. The van der Waals surface area contributed by atoms with Crippen LogP contribution in [0.2, 0.25) is 0 Å². The Morgan fingerprint density at radius 1 is 1.29 bits per heavy atom. The van der Waals surface area contributed by atoms with Crippen molar-refractivity contribution < 1.29 is 29.2 Å². The normalized spacial score (nSPS) is 15.6. The summed E-state index contributed by atoms with van der Waals surface area (Å²) in [6.07, 6.45) is 0. The molecule has 3 aromatic rings. The summed E-state index contributed by atoms with van der Waals surface area (Å²) < 4.78 is 5.04. The molecule has 0 fully saturated rings. The van der Waals surface area contributed by atoms with E-state index in [0.717, 1.165) is 27.6 Å². The molecule has 1 atom stereocenters. The van der Waals surface area contributed by atoms with Crippen molar-refractivity contribution in [3.05, 3.63) is 84.2 Å². The van der Waals surface area contributed by atoms with Gasteiger partial charge in [-0.05, 0) is 30.9 Å². The third-order valence-electron chi connectivity index (χ3n) is 5.05. The monoisotopic (exact) mass is 499 g/mol. The van der Waals surface area contributed by atoms with Crippen LogP contribution in [0.5, 0.6) is 0 Å². The quantitative estimate of drug-likeness (QED) is 0.219. The molecule has 0 saturated carbocycles. The lowest BCUT2D eigenvalue weighted by atomic mass is 9.95. The second kappa shape index (κ2) is 9.15. The Balaban J connectivity index is 1.88. The number of aliphatic hydroxyl groups is 1. The number of thiophene rings is 1. The predicted octanol–water partition coefficient (Wildman–Crippen LogP) is 4.38. The van der Waals surface area contributed by atoms with Gasteiger partial charge in [0, 0.05) is 12.1 Å². The number of hydrogen-bond donors (Lipinski definition) is 1. The summed E-state index contributed by atoms with van der Waals surface area (Å²) in [4.78, 5) is 55.4. The largest absolute Gasteiger partial charge is 0.503 e. The number of nitro benzene ring substituents is 1. The minimum absolute atomic E-state index is 0.0441. The second-order valence-electron chi connectivity index (χ2n) is 7.13. The number of carbonyl (C=O) groups excluding carboxylic acids is 3. The highest BCUT2D eigenvalue weighted by molar-refractivity contribution is 7.17. The van der Waals surface area contributed by atoms with E-state index >= 15 is 0 Å². The first-order chi connectivity index (χ1) is 16.2. The van der Waals surface area contributed by atoms with Crippen LogP contribution < -0.4 is 4.90 Å². The Hall–Kier alpha value is -3.90. The molecule has 174 valence electrons. The van der Waals surface area contributed by atoms with Crippen molar-refractivity contribution in [2.75, 3.05) is 11.5 Å². The molecule has 4 rings (SSSR count). The van der Waals surface area contributed by atoms with Crippen LogP contribution >= 0.6 is 22.7 Å². The summed E-state index contributed by atoms with van der Waals surface area (Å²) in [7, 11) is 0. The molecule has 1 amide bonds. The second-order valence-corrected chi connectivity index (χ2v) is 9.06. The Labute approximate surface area is 200 Å². The highest BCUT2D eigenvalue weighted by Crippen LogP contribution is 2.44. The van der Waals surface area contributed by atoms with Crippen molar-refractivity contribution in [2.45, 2.75) is 19.9 Å². The number of ether oxygens (including phenoxy) is 1. The predicted molar refractivity (Wildman–Crippen MR) is 124 cm³/mol. The van der Waals surface area contributed by atoms with Crippen LogP contribution in [0.4, 0.5) is 10.8 Å². The molecule has 0 unspecified atom stereocenters. The van der Waals surface area contributed by atoms with Crippen molar-refractivity contribution in [2.24, 2.45) is 0 Å². The van der Waals surface area contributed by atoms with Crippen LogP contribution in [0.3, 0.4) is 0 Å². The highest BCUT2D eigenvalue weighted by Gasteiger charge is 2.46. The standard InChI is InChI=1S/C22H17N3O7S2/c1-3-32-21(29)19-11(2)23-22(34-19)24-16(12-6-4-7-13(10-12)25(30)31)15(18(27)20(24)28)17(26)14-8-5-9-33-14/h4-10,16,27H,3H2,1-2H3/t16-/m0/s1. The maximum Gasteiger partial charge on any atom is 0.350 e. The summed E-state index contributed by atoms with van der Waals surface area (Å²) in [5.41, 5.74) is 0.0684. The van der Waals surface area contributed by atoms with Gasteiger partial charge in [0.25, 0.3) is 11.6 Å². The van der Waals surface area contributed by atoms with Gasteiger partial charge in [-0.1, -0.05) is 29.5 Å². The summed E-state index contributed by atoms with van der Waals surface area (Å²) in [5, 5.41) is 23.9. The molecule has 0 bridgehead atoms. The molecular weight excluding hydrogens is 482 g/mol. The van der Waals surface area contributed by atoms with Gasteiger partial charge in [-0.3, -0.25) is 24.6 Å². The molecule has 0 radical (unpaired) electrons. The number of anilines is 1. The fraction of sp³-hybridized carbons (Fsp3) is 0.182. The first-order valence-electron chi connectivity index (χ1n) is 9.98. The molecule has 1 aliphatic heterocycles. The van der Waals surface area contributed by atoms with Gasteiger partial charge in [-0.25, -0.2) is 9.78 Å². The van der Waals surface area contributed by atoms with Crippen molar-refractivity contribution in [3.8, 4) is 0 Å². The number of carbonyl (C=O) groups is 3. The average molecular weight is 500 g/mol. The molecule has 0 saturated heterocycles. The third kappa shape index (κ3) is 3.97. The molecule has 34 heavy (non-hydrogen) atoms. The van der Waals surface area contributed by atoms with E-state index in [-0.39, 0.29) is 38.3 Å². The fourth-order valence-electron chi connectivity index (χ4n) is 3.57. The fourth-order valence-corrected chi connectivity index (χ4v) is 5.24. The number of Topliss-reactive ketones (excluding diaryl/α,β-unsaturated/α-hetero) is 1. The number of aliphatic hydroxyl groups excluding tert-OH is 1. The van der Waals surface area contributed by atoms with Crippen LogP contribution in [-0.4, -0.2) is 39.3 Å². The van der Waals surface area contributed by atoms with Crippen LogP contribution in [0, 0.1) is 17.0 Å². The Morgan fingerprint density at radius 3 is 2.71 bits per heavy atom. The lowest BCUT2D eigenvalue weighted by molar-refractivity contribution is -0.384. The lowest BCUT2D eigenvalue weighted by Gasteiger charge is -2.24. The van der Waals surface area contributed by atoms with Gasteiger partial charge in [0.2, 0.25) is 5.78 Å². The van der Waals surface area contributed by atoms with Crippen LogP contribution in [0.1, 0.15) is 43.6 Å². The maximum atomic E-state index is 13.3. The Bertz CT molecular complexity index is 1340. The van der Waals surface area contributed by atoms with Gasteiger partial charge < -0.3 is 9.84 Å². The Morgan fingerprint density at radius 2 is 2.06 bits per heavy atom. The van der Waals surface area contributed by atoms with Gasteiger partial charge in [0.15, 0.2) is 10.9 Å². The van der Waals surface area contributed by atoms with E-state index in [1.807, 2.05) is 0 Å². The van der Waals surface area contributed by atoms with E-state index in [9.17, 15) is 29.6 Å². The zero-order chi connectivity index (χ0) is 24.6. The molecule has 3 heterocycles. The number of nitrogens with zero attached hydrogens (tertiary/aromatic N) is 3. The van der Waals surface area contributed by atoms with E-state index < -0.39 is 34.4 Å². The molecule has 1 N–H and O–H groups in total. The average Bonchev–Trinajstić information content (AvgIpc) is 3.53. The topological polar surface area (TPSA) is 140 Å². The van der Waals surface area contributed by atoms with E-state index in [4.69, 9.17) is 4.74 Å². The number of non-ortho nitro benzene ring substituents is 1. The lowest BCUT2D eigenvalue weighted by Crippen LogP contribution is -2.31. The van der Waals surface area contributed by atoms with Gasteiger partial charge in [0.1, 0.15) is 4.88 Å². The highest BCUT2D eigenvalue weighted by atomic mass is 32.1. The van der Waals surface area contributed by atoms with Crippen LogP contribution in [-0.2, 0) is 9.53 Å². The maximum absolute atomic E-state index is 13.3. The summed E-state index contributed by atoms with van der Waals surface area (Å²) >= 11 is 2.00. The number of nitro groups is 1. The number of amides is 1. The van der Waals surface area contributed by atoms with Gasteiger partial charge >= 0.3 is 5.97 Å². The molecular formula is C22H17N3O7S2. The minimum atomic E-state index is -1.19. The van der Waals surface area contributed by atoms with Gasteiger partial charge in [-0.15, -0.1) is 11.3 Å². The van der Waals surface area contributed by atoms with E-state index in [1.54, 1.807) is 31.4 Å². The van der Waals surface area contributed by atoms with Crippen LogP contribution in [0.15, 0.2) is 53.1 Å². The summed E-state index contributed by atoms with van der Waals surface area (Å²) in [5.74, 6) is -2.88. The number of aromatic nitrogens is 1. The van der Waals surface area contributed by atoms with Crippen molar-refractivity contribution in [1.82, 2.24) is 4.98 Å². The Kier molecular flexibility index (Phi) is 6.26. The molecule has 0 spiro atoms. The molecule has 1 aliphatic rings. The summed E-state index contributed by atoms with van der Waals surface area (Å²) in [6, 6.07) is 7.47. The first kappa shape index (κ1) is 23.3. The van der Waals surface area contributed by atoms with E-state index in [0.29, 0.717) is 5.69 Å². The summed E-state index contributed by atoms with van der Waals surface area (Å²) in [6.45, 7) is 3.37. The van der Waals surface area contributed by atoms with Gasteiger partial charge in [0.05, 0.1) is 33.7 Å². The number of rotatable bonds is 7. The first-order valence-corrected chi connectivity index (χ1v) is 11.7. The van der Waals surface area contributed by atoms with Gasteiger partial charge in [-0.2, -0.15) is 0 Å². The molecule has 2 aromatic heterocycles. The van der Waals surface area contributed by atoms with Crippen molar-refractivity contribution in [3.63, 3.8) is 0 Å². The zero-order valence-corrected chi connectivity index (χ0v) is 19.5. The number of aryl methyl sites for hydroxylation is 1. The van der Waals surface area contributed by atoms with Crippen molar-refractivity contribution >= 4 is 51.2 Å². The van der Waals surface area contributed by atoms with Crippen LogP contribution in [0.25, 0.3) is 0 Å². The number of ketones is 1. The van der Waals surface area contributed by atoms with E-state index in [2.05, 4.69) is 4.98 Å². The number of esters is 1. The molecule has 1 aromatic carbocycles. The zero-order valence-electron chi connectivity index (χ0n) is 17.9. The molecule has 10 nitrogen and oxygen atoms in total. The smallest absolute Gasteiger partial charge is 0.350 e. The minimum Gasteiger partial charge on any atom is -0.503 e. The SMILES string of the molecule is CCOC(=O)c1sc(N2C(=O)C(O)=C(C(=O)c3cccs3)[C@@H]2c2cccc([N+](=O)[O-])c2)nc1C. The van der Waals surface area contributed by atoms with Crippen molar-refractivity contribution in [1.29, 1.82) is 0 Å². The third-order valence-corrected chi connectivity index (χ3v) is 7.05. The molecule has 0 aliphatic carbocycles. The van der Waals surface area contributed by atoms with E-state index in [1.165, 1.54) is 24.3 Å².